The normalized spacial score (nSPS) is 10.2. The highest BCUT2D eigenvalue weighted by molar-refractivity contribution is 9.10. The lowest BCUT2D eigenvalue weighted by molar-refractivity contribution is -0.137. The second kappa shape index (κ2) is 7.89. The fourth-order valence-corrected chi connectivity index (χ4v) is 1.88. The quantitative estimate of drug-likeness (QED) is 0.755. The van der Waals surface area contributed by atoms with E-state index in [4.69, 9.17) is 5.11 Å². The zero-order valence-corrected chi connectivity index (χ0v) is 11.9. The summed E-state index contributed by atoms with van der Waals surface area (Å²) in [5.41, 5.74) is 0.00809. The fourth-order valence-electron chi connectivity index (χ4n) is 1.55. The molecule has 0 fully saturated rings. The molecule has 19 heavy (non-hydrogen) atoms. The fraction of sp³-hybridized carbons (Fsp3) is 0.385. The van der Waals surface area contributed by atoms with Gasteiger partial charge in [0.2, 0.25) is 0 Å². The van der Waals surface area contributed by atoms with E-state index in [-0.39, 0.29) is 12.0 Å². The maximum atomic E-state index is 13.5. The lowest BCUT2D eigenvalue weighted by Gasteiger charge is -2.06. The first-order chi connectivity index (χ1) is 9.00. The Morgan fingerprint density at radius 2 is 2.00 bits per heavy atom. The van der Waals surface area contributed by atoms with E-state index in [9.17, 15) is 14.0 Å². The van der Waals surface area contributed by atoms with Crippen molar-refractivity contribution in [1.82, 2.24) is 5.32 Å². The minimum Gasteiger partial charge on any atom is -0.481 e. The summed E-state index contributed by atoms with van der Waals surface area (Å²) in [4.78, 5) is 21.9. The summed E-state index contributed by atoms with van der Waals surface area (Å²) >= 11 is 3.12. The van der Waals surface area contributed by atoms with Crippen molar-refractivity contribution in [3.63, 3.8) is 0 Å². The second-order valence-corrected chi connectivity index (χ2v) is 5.00. The van der Waals surface area contributed by atoms with Crippen LogP contribution in [0.1, 0.15) is 36.0 Å². The molecule has 1 aromatic rings. The molecular formula is C13H15BrFNO3. The van der Waals surface area contributed by atoms with Gasteiger partial charge in [0.1, 0.15) is 5.82 Å². The number of carbonyl (C=O) groups excluding carboxylic acids is 1. The van der Waals surface area contributed by atoms with Gasteiger partial charge in [-0.15, -0.1) is 0 Å². The van der Waals surface area contributed by atoms with Gasteiger partial charge in [-0.3, -0.25) is 9.59 Å². The van der Waals surface area contributed by atoms with E-state index in [0.717, 1.165) is 6.42 Å². The minimum atomic E-state index is -0.819. The average Bonchev–Trinajstić information content (AvgIpc) is 2.32. The molecule has 0 aliphatic rings. The van der Waals surface area contributed by atoms with E-state index in [1.54, 1.807) is 6.07 Å². The SMILES string of the molecule is O=C(O)CCCCCNC(=O)c1ccc(Br)cc1F. The van der Waals surface area contributed by atoms with Crippen LogP contribution in [-0.2, 0) is 4.79 Å². The predicted octanol–water partition coefficient (Wildman–Crippen LogP) is 2.96. The number of benzene rings is 1. The van der Waals surface area contributed by atoms with Crippen molar-refractivity contribution in [3.05, 3.63) is 34.1 Å². The molecule has 0 atom stereocenters. The molecule has 4 nitrogen and oxygen atoms in total. The second-order valence-electron chi connectivity index (χ2n) is 4.08. The Labute approximate surface area is 119 Å². The first-order valence-electron chi connectivity index (χ1n) is 5.95. The highest BCUT2D eigenvalue weighted by Crippen LogP contribution is 2.15. The van der Waals surface area contributed by atoms with Crippen LogP contribution in [0.25, 0.3) is 0 Å². The maximum Gasteiger partial charge on any atom is 0.303 e. The molecule has 0 aromatic heterocycles. The van der Waals surface area contributed by atoms with Crippen LogP contribution in [0.15, 0.2) is 22.7 Å². The summed E-state index contributed by atoms with van der Waals surface area (Å²) in [7, 11) is 0. The van der Waals surface area contributed by atoms with Crippen LogP contribution in [0.5, 0.6) is 0 Å². The summed E-state index contributed by atoms with van der Waals surface area (Å²) in [5.74, 6) is -1.85. The number of nitrogens with one attached hydrogen (secondary N) is 1. The molecule has 0 radical (unpaired) electrons. The average molecular weight is 332 g/mol. The Hall–Kier alpha value is -1.43. The minimum absolute atomic E-state index is 0.00809. The van der Waals surface area contributed by atoms with E-state index in [0.29, 0.717) is 23.9 Å². The van der Waals surface area contributed by atoms with Crippen molar-refractivity contribution < 1.29 is 19.1 Å². The van der Waals surface area contributed by atoms with Crippen molar-refractivity contribution in [1.29, 1.82) is 0 Å². The lowest BCUT2D eigenvalue weighted by Crippen LogP contribution is -2.25. The smallest absolute Gasteiger partial charge is 0.303 e. The van der Waals surface area contributed by atoms with Gasteiger partial charge < -0.3 is 10.4 Å². The molecule has 0 unspecified atom stereocenters. The van der Waals surface area contributed by atoms with Gasteiger partial charge in [-0.1, -0.05) is 22.4 Å². The molecule has 1 aromatic carbocycles. The Bertz CT molecular complexity index is 465. The first-order valence-corrected chi connectivity index (χ1v) is 6.75. The number of carboxylic acids is 1. The van der Waals surface area contributed by atoms with Crippen LogP contribution in [-0.4, -0.2) is 23.5 Å². The van der Waals surface area contributed by atoms with Gasteiger partial charge in [-0.05, 0) is 31.0 Å². The van der Waals surface area contributed by atoms with Crippen LogP contribution < -0.4 is 5.32 Å². The number of hydrogen-bond acceptors (Lipinski definition) is 2. The molecule has 6 heteroatoms. The summed E-state index contributed by atoms with van der Waals surface area (Å²) in [6.45, 7) is 0.411. The van der Waals surface area contributed by atoms with Crippen molar-refractivity contribution in [2.75, 3.05) is 6.54 Å². The molecule has 0 spiro atoms. The number of hydrogen-bond donors (Lipinski definition) is 2. The number of amides is 1. The maximum absolute atomic E-state index is 13.5. The number of carbonyl (C=O) groups is 2. The van der Waals surface area contributed by atoms with Crippen molar-refractivity contribution in [2.24, 2.45) is 0 Å². The van der Waals surface area contributed by atoms with Crippen LogP contribution in [0.3, 0.4) is 0 Å². The summed E-state index contributed by atoms with van der Waals surface area (Å²) in [6, 6.07) is 4.26. The van der Waals surface area contributed by atoms with E-state index in [1.807, 2.05) is 0 Å². The Balaban J connectivity index is 2.29. The topological polar surface area (TPSA) is 66.4 Å². The number of aliphatic carboxylic acids is 1. The Morgan fingerprint density at radius 3 is 2.63 bits per heavy atom. The van der Waals surface area contributed by atoms with Crippen LogP contribution in [0.4, 0.5) is 4.39 Å². The zero-order valence-electron chi connectivity index (χ0n) is 10.3. The highest BCUT2D eigenvalue weighted by atomic mass is 79.9. The highest BCUT2D eigenvalue weighted by Gasteiger charge is 2.10. The molecule has 0 heterocycles. The Kier molecular flexibility index (Phi) is 6.49. The van der Waals surface area contributed by atoms with Crippen molar-refractivity contribution >= 4 is 27.8 Å². The standard InChI is InChI=1S/C13H15BrFNO3/c14-9-5-6-10(11(15)8-9)13(19)16-7-3-1-2-4-12(17)18/h5-6,8H,1-4,7H2,(H,16,19)(H,17,18). The molecule has 104 valence electrons. The summed E-state index contributed by atoms with van der Waals surface area (Å²) in [5, 5.41) is 11.1. The molecule has 1 amide bonds. The molecule has 0 saturated carbocycles. The largest absolute Gasteiger partial charge is 0.481 e. The van der Waals surface area contributed by atoms with Gasteiger partial charge in [0.25, 0.3) is 5.91 Å². The molecule has 1 rings (SSSR count). The van der Waals surface area contributed by atoms with E-state index in [2.05, 4.69) is 21.2 Å². The van der Waals surface area contributed by atoms with E-state index >= 15 is 0 Å². The van der Waals surface area contributed by atoms with Crippen LogP contribution in [0.2, 0.25) is 0 Å². The molecule has 2 N–H and O–H groups in total. The molecule has 0 bridgehead atoms. The lowest BCUT2D eigenvalue weighted by atomic mass is 10.1. The monoisotopic (exact) mass is 331 g/mol. The van der Waals surface area contributed by atoms with Gasteiger partial charge in [0.05, 0.1) is 5.56 Å². The Morgan fingerprint density at radius 1 is 1.26 bits per heavy atom. The van der Waals surface area contributed by atoms with Crippen molar-refractivity contribution in [2.45, 2.75) is 25.7 Å². The van der Waals surface area contributed by atoms with Crippen LogP contribution in [0, 0.1) is 5.82 Å². The van der Waals surface area contributed by atoms with E-state index < -0.39 is 17.7 Å². The third kappa shape index (κ3) is 5.83. The molecule has 0 aliphatic heterocycles. The zero-order chi connectivity index (χ0) is 14.3. The summed E-state index contributed by atoms with van der Waals surface area (Å²) < 4.78 is 14.0. The molecular weight excluding hydrogens is 317 g/mol. The van der Waals surface area contributed by atoms with Crippen LogP contribution >= 0.6 is 15.9 Å². The van der Waals surface area contributed by atoms with Gasteiger partial charge >= 0.3 is 5.97 Å². The third-order valence-electron chi connectivity index (χ3n) is 2.53. The van der Waals surface area contributed by atoms with E-state index in [1.165, 1.54) is 12.1 Å². The number of rotatable bonds is 7. The third-order valence-corrected chi connectivity index (χ3v) is 3.02. The predicted molar refractivity (Wildman–Crippen MR) is 72.5 cm³/mol. The molecule has 0 saturated heterocycles. The first kappa shape index (κ1) is 15.6. The van der Waals surface area contributed by atoms with Gasteiger partial charge in [0.15, 0.2) is 0 Å². The van der Waals surface area contributed by atoms with Gasteiger partial charge in [0, 0.05) is 17.4 Å². The number of halogens is 2. The van der Waals surface area contributed by atoms with Gasteiger partial charge in [-0.2, -0.15) is 0 Å². The number of unbranched alkanes of at least 4 members (excludes halogenated alkanes) is 2. The van der Waals surface area contributed by atoms with Crippen molar-refractivity contribution in [3.8, 4) is 0 Å². The van der Waals surface area contributed by atoms with Gasteiger partial charge in [-0.25, -0.2) is 4.39 Å². The summed E-state index contributed by atoms with van der Waals surface area (Å²) in [6.07, 6.45) is 2.11. The number of carboxylic acid groups (broad SMARTS) is 1. The molecule has 0 aliphatic carbocycles.